The number of aromatic nitrogens is 3. The topological polar surface area (TPSA) is 59.8 Å². The molecule has 0 spiro atoms. The molecule has 0 saturated heterocycles. The number of carbonyl (C=O) groups is 1. The normalized spacial score (nSPS) is 10.7. The molecule has 0 aliphatic heterocycles. The molecule has 0 atom stereocenters. The standard InChI is InChI=1S/C19H19ClN4OS2/c1-2-9-24-17(11-16-4-3-10-26-16)22-23-19(24)27-13-18(25)21-12-14-5-7-15(20)8-6-14/h2-8,10H,1,9,11-13H2,(H,21,25). The van der Waals surface area contributed by atoms with Gasteiger partial charge in [-0.3, -0.25) is 4.79 Å². The van der Waals surface area contributed by atoms with Gasteiger partial charge in [0, 0.05) is 29.4 Å². The second-order valence-corrected chi connectivity index (χ2v) is 8.16. The third-order valence-corrected chi connectivity index (χ3v) is 5.85. The van der Waals surface area contributed by atoms with E-state index >= 15 is 0 Å². The minimum absolute atomic E-state index is 0.0529. The molecule has 2 heterocycles. The molecule has 3 aromatic rings. The number of hydrogen-bond acceptors (Lipinski definition) is 5. The van der Waals surface area contributed by atoms with Gasteiger partial charge in [0.2, 0.25) is 5.91 Å². The molecule has 0 aliphatic carbocycles. The lowest BCUT2D eigenvalue weighted by atomic mass is 10.2. The molecule has 0 aliphatic rings. The molecule has 2 aromatic heterocycles. The van der Waals surface area contributed by atoms with E-state index in [4.69, 9.17) is 11.6 Å². The highest BCUT2D eigenvalue weighted by molar-refractivity contribution is 7.99. The Hall–Kier alpha value is -2.09. The van der Waals surface area contributed by atoms with Gasteiger partial charge in [0.1, 0.15) is 5.82 Å². The second-order valence-electron chi connectivity index (χ2n) is 5.75. The molecule has 3 rings (SSSR count). The van der Waals surface area contributed by atoms with Crippen molar-refractivity contribution in [3.63, 3.8) is 0 Å². The summed E-state index contributed by atoms with van der Waals surface area (Å²) in [6.45, 7) is 4.89. The summed E-state index contributed by atoms with van der Waals surface area (Å²) in [6.07, 6.45) is 2.54. The predicted octanol–water partition coefficient (Wildman–Crippen LogP) is 4.18. The minimum atomic E-state index is -0.0529. The first-order valence-electron chi connectivity index (χ1n) is 8.35. The first-order chi connectivity index (χ1) is 13.2. The molecular weight excluding hydrogens is 400 g/mol. The first-order valence-corrected chi connectivity index (χ1v) is 10.6. The second kappa shape index (κ2) is 9.73. The average molecular weight is 419 g/mol. The van der Waals surface area contributed by atoms with Crippen molar-refractivity contribution in [1.82, 2.24) is 20.1 Å². The smallest absolute Gasteiger partial charge is 0.230 e. The first kappa shape index (κ1) is 19.7. The van der Waals surface area contributed by atoms with Crippen LogP contribution in [-0.4, -0.2) is 26.4 Å². The van der Waals surface area contributed by atoms with E-state index in [1.807, 2.05) is 46.4 Å². The van der Waals surface area contributed by atoms with Crippen molar-refractivity contribution >= 4 is 40.6 Å². The van der Waals surface area contributed by atoms with E-state index in [0.717, 1.165) is 23.0 Å². The molecule has 0 fully saturated rings. The molecule has 1 N–H and O–H groups in total. The number of nitrogens with one attached hydrogen (secondary N) is 1. The molecule has 0 saturated carbocycles. The van der Waals surface area contributed by atoms with E-state index in [2.05, 4.69) is 28.2 Å². The zero-order valence-electron chi connectivity index (χ0n) is 14.6. The van der Waals surface area contributed by atoms with Gasteiger partial charge >= 0.3 is 0 Å². The van der Waals surface area contributed by atoms with Gasteiger partial charge in [0.25, 0.3) is 0 Å². The molecule has 5 nitrogen and oxygen atoms in total. The maximum Gasteiger partial charge on any atom is 0.230 e. The molecule has 1 amide bonds. The number of thiophene rings is 1. The molecule has 8 heteroatoms. The highest BCUT2D eigenvalue weighted by atomic mass is 35.5. The third-order valence-electron chi connectivity index (χ3n) is 3.75. The molecule has 0 bridgehead atoms. The van der Waals surface area contributed by atoms with Crippen LogP contribution < -0.4 is 5.32 Å². The molecule has 140 valence electrons. The van der Waals surface area contributed by atoms with Crippen LogP contribution in [0.25, 0.3) is 0 Å². The van der Waals surface area contributed by atoms with Crippen LogP contribution in [0.15, 0.2) is 59.6 Å². The molecule has 0 radical (unpaired) electrons. The van der Waals surface area contributed by atoms with Crippen LogP contribution in [0.1, 0.15) is 16.3 Å². The van der Waals surface area contributed by atoms with Gasteiger partial charge in [-0.25, -0.2) is 0 Å². The lowest BCUT2D eigenvalue weighted by molar-refractivity contribution is -0.118. The Balaban J connectivity index is 1.56. The van der Waals surface area contributed by atoms with Crippen LogP contribution in [0, 0.1) is 0 Å². The third kappa shape index (κ3) is 5.69. The van der Waals surface area contributed by atoms with Crippen molar-refractivity contribution in [2.45, 2.75) is 24.7 Å². The van der Waals surface area contributed by atoms with Crippen LogP contribution in [0.2, 0.25) is 5.02 Å². The zero-order valence-corrected chi connectivity index (χ0v) is 17.0. The monoisotopic (exact) mass is 418 g/mol. The highest BCUT2D eigenvalue weighted by Gasteiger charge is 2.14. The Bertz CT molecular complexity index is 891. The Labute approximate surface area is 171 Å². The summed E-state index contributed by atoms with van der Waals surface area (Å²) >= 11 is 8.94. The number of halogens is 1. The van der Waals surface area contributed by atoms with E-state index in [-0.39, 0.29) is 11.7 Å². The Kier molecular flexibility index (Phi) is 7.09. The van der Waals surface area contributed by atoms with Gasteiger partial charge in [0.15, 0.2) is 5.16 Å². The molecule has 27 heavy (non-hydrogen) atoms. The average Bonchev–Trinajstić information content (AvgIpc) is 3.31. The van der Waals surface area contributed by atoms with E-state index < -0.39 is 0 Å². The fraction of sp³-hybridized carbons (Fsp3) is 0.211. The van der Waals surface area contributed by atoms with Gasteiger partial charge in [-0.2, -0.15) is 0 Å². The maximum absolute atomic E-state index is 12.2. The fourth-order valence-electron chi connectivity index (χ4n) is 2.42. The summed E-state index contributed by atoms with van der Waals surface area (Å²) in [5, 5.41) is 14.9. The summed E-state index contributed by atoms with van der Waals surface area (Å²) in [6, 6.07) is 11.5. The lowest BCUT2D eigenvalue weighted by Gasteiger charge is -2.08. The SMILES string of the molecule is C=CCn1c(Cc2cccs2)nnc1SCC(=O)NCc1ccc(Cl)cc1. The van der Waals surface area contributed by atoms with Crippen LogP contribution in [-0.2, 0) is 24.3 Å². The van der Waals surface area contributed by atoms with Crippen LogP contribution in [0.5, 0.6) is 0 Å². The van der Waals surface area contributed by atoms with Gasteiger partial charge in [0.05, 0.1) is 5.75 Å². The van der Waals surface area contributed by atoms with Crippen molar-refractivity contribution < 1.29 is 4.79 Å². The number of carbonyl (C=O) groups excluding carboxylic acids is 1. The van der Waals surface area contributed by atoms with Gasteiger partial charge in [-0.15, -0.1) is 28.1 Å². The lowest BCUT2D eigenvalue weighted by Crippen LogP contribution is -2.24. The Morgan fingerprint density at radius 3 is 2.81 bits per heavy atom. The Morgan fingerprint density at radius 1 is 1.30 bits per heavy atom. The van der Waals surface area contributed by atoms with E-state index in [9.17, 15) is 4.79 Å². The number of nitrogens with zero attached hydrogens (tertiary/aromatic N) is 3. The Morgan fingerprint density at radius 2 is 2.11 bits per heavy atom. The van der Waals surface area contributed by atoms with E-state index in [1.165, 1.54) is 16.6 Å². The van der Waals surface area contributed by atoms with E-state index in [1.54, 1.807) is 11.3 Å². The summed E-state index contributed by atoms with van der Waals surface area (Å²) in [5.41, 5.74) is 1.01. The number of benzene rings is 1. The number of amides is 1. The zero-order chi connectivity index (χ0) is 19.1. The summed E-state index contributed by atoms with van der Waals surface area (Å²) in [7, 11) is 0. The maximum atomic E-state index is 12.2. The van der Waals surface area contributed by atoms with Crippen LogP contribution >= 0.6 is 34.7 Å². The van der Waals surface area contributed by atoms with Crippen LogP contribution in [0.3, 0.4) is 0 Å². The van der Waals surface area contributed by atoms with Gasteiger partial charge < -0.3 is 9.88 Å². The van der Waals surface area contributed by atoms with Crippen molar-refractivity contribution in [3.05, 3.63) is 75.7 Å². The van der Waals surface area contributed by atoms with Crippen molar-refractivity contribution in [1.29, 1.82) is 0 Å². The van der Waals surface area contributed by atoms with Crippen molar-refractivity contribution in [3.8, 4) is 0 Å². The predicted molar refractivity (Wildman–Crippen MR) is 111 cm³/mol. The van der Waals surface area contributed by atoms with Crippen molar-refractivity contribution in [2.75, 3.05) is 5.75 Å². The molecular formula is C19H19ClN4OS2. The molecule has 1 aromatic carbocycles. The number of rotatable bonds is 9. The number of allylic oxidation sites excluding steroid dienone is 1. The van der Waals surface area contributed by atoms with E-state index in [0.29, 0.717) is 18.1 Å². The number of hydrogen-bond donors (Lipinski definition) is 1. The summed E-state index contributed by atoms with van der Waals surface area (Å²) in [5.74, 6) is 1.10. The summed E-state index contributed by atoms with van der Waals surface area (Å²) < 4.78 is 2.00. The van der Waals surface area contributed by atoms with Crippen molar-refractivity contribution in [2.24, 2.45) is 0 Å². The van der Waals surface area contributed by atoms with Crippen LogP contribution in [0.4, 0.5) is 0 Å². The fourth-order valence-corrected chi connectivity index (χ4v) is 4.05. The van der Waals surface area contributed by atoms with Gasteiger partial charge in [-0.05, 0) is 29.1 Å². The largest absolute Gasteiger partial charge is 0.351 e. The molecule has 0 unspecified atom stereocenters. The highest BCUT2D eigenvalue weighted by Crippen LogP contribution is 2.20. The number of thioether (sulfide) groups is 1. The minimum Gasteiger partial charge on any atom is -0.351 e. The van der Waals surface area contributed by atoms with Gasteiger partial charge in [-0.1, -0.05) is 47.6 Å². The summed E-state index contributed by atoms with van der Waals surface area (Å²) in [4.78, 5) is 13.4. The quantitative estimate of drug-likeness (QED) is 0.418.